The second-order valence-electron chi connectivity index (χ2n) is 2.71. The molecule has 1 saturated heterocycles. The monoisotopic (exact) mass is 176 g/mol. The molecule has 3 N–H and O–H groups in total. The number of hydrogen-bond donors (Lipinski definition) is 2. The van der Waals surface area contributed by atoms with Crippen LogP contribution in [0, 0.1) is 5.92 Å². The van der Waals surface area contributed by atoms with Crippen LogP contribution in [0.3, 0.4) is 0 Å². The first-order valence-electron chi connectivity index (χ1n) is 3.43. The summed E-state index contributed by atoms with van der Waals surface area (Å²) >= 11 is 0. The standard InChI is InChI=1S/C6H9FN2O3/c7-4-2-9(6(11)12)1-3(4)5(8)10/h3-4H,1-2H2,(H2,8,10)(H,11,12). The third kappa shape index (κ3) is 1.46. The fourth-order valence-electron chi connectivity index (χ4n) is 1.19. The van der Waals surface area contributed by atoms with Gasteiger partial charge in [0.05, 0.1) is 12.5 Å². The first-order valence-corrected chi connectivity index (χ1v) is 3.43. The Bertz CT molecular complexity index is 221. The quantitative estimate of drug-likeness (QED) is 0.560. The third-order valence-electron chi connectivity index (χ3n) is 1.88. The van der Waals surface area contributed by atoms with Crippen molar-refractivity contribution in [3.63, 3.8) is 0 Å². The minimum Gasteiger partial charge on any atom is -0.465 e. The van der Waals surface area contributed by atoms with Gasteiger partial charge in [-0.15, -0.1) is 0 Å². The van der Waals surface area contributed by atoms with Crippen molar-refractivity contribution in [2.75, 3.05) is 13.1 Å². The summed E-state index contributed by atoms with van der Waals surface area (Å²) in [6.07, 6.45) is -2.68. The summed E-state index contributed by atoms with van der Waals surface area (Å²) in [5.74, 6) is -1.77. The normalized spacial score (nSPS) is 28.9. The summed E-state index contributed by atoms with van der Waals surface area (Å²) in [6.45, 7) is -0.394. The number of halogens is 1. The molecule has 6 heteroatoms. The molecule has 1 rings (SSSR count). The Kier molecular flexibility index (Phi) is 2.16. The zero-order valence-electron chi connectivity index (χ0n) is 6.24. The molecule has 0 aliphatic carbocycles. The van der Waals surface area contributed by atoms with Crippen LogP contribution in [0.5, 0.6) is 0 Å². The highest BCUT2D eigenvalue weighted by atomic mass is 19.1. The van der Waals surface area contributed by atoms with E-state index in [0.29, 0.717) is 0 Å². The molecule has 2 unspecified atom stereocenters. The Labute approximate surface area is 67.9 Å². The van der Waals surface area contributed by atoms with Crippen LogP contribution in [-0.2, 0) is 4.79 Å². The number of nitrogens with zero attached hydrogens (tertiary/aromatic N) is 1. The number of amides is 2. The molecule has 5 nitrogen and oxygen atoms in total. The second kappa shape index (κ2) is 2.96. The lowest BCUT2D eigenvalue weighted by Gasteiger charge is -2.08. The van der Waals surface area contributed by atoms with Crippen LogP contribution in [0.1, 0.15) is 0 Å². The van der Waals surface area contributed by atoms with Crippen molar-refractivity contribution in [1.82, 2.24) is 4.90 Å². The maximum absolute atomic E-state index is 12.8. The molecular formula is C6H9FN2O3. The molecular weight excluding hydrogens is 167 g/mol. The van der Waals surface area contributed by atoms with Crippen molar-refractivity contribution in [3.05, 3.63) is 0 Å². The molecule has 12 heavy (non-hydrogen) atoms. The number of carboxylic acid groups (broad SMARTS) is 1. The molecule has 1 heterocycles. The van der Waals surface area contributed by atoms with Gasteiger partial charge in [-0.3, -0.25) is 4.79 Å². The molecule has 0 radical (unpaired) electrons. The van der Waals surface area contributed by atoms with Crippen LogP contribution >= 0.6 is 0 Å². The van der Waals surface area contributed by atoms with E-state index in [1.54, 1.807) is 0 Å². The number of carbonyl (C=O) groups excluding carboxylic acids is 1. The van der Waals surface area contributed by atoms with Crippen molar-refractivity contribution >= 4 is 12.0 Å². The van der Waals surface area contributed by atoms with Gasteiger partial charge in [0.2, 0.25) is 5.91 Å². The van der Waals surface area contributed by atoms with E-state index in [1.165, 1.54) is 0 Å². The Hall–Kier alpha value is -1.33. The SMILES string of the molecule is NC(=O)C1CN(C(=O)O)CC1F. The molecule has 0 spiro atoms. The highest BCUT2D eigenvalue weighted by Crippen LogP contribution is 2.19. The van der Waals surface area contributed by atoms with E-state index in [1.807, 2.05) is 0 Å². The summed E-state index contributed by atoms with van der Waals surface area (Å²) in [5, 5.41) is 8.44. The zero-order chi connectivity index (χ0) is 9.30. The van der Waals surface area contributed by atoms with Gasteiger partial charge in [-0.1, -0.05) is 0 Å². The molecule has 0 saturated carbocycles. The van der Waals surface area contributed by atoms with Crippen molar-refractivity contribution in [2.45, 2.75) is 6.17 Å². The van der Waals surface area contributed by atoms with E-state index < -0.39 is 24.1 Å². The molecule has 2 amide bonds. The number of alkyl halides is 1. The molecule has 2 atom stereocenters. The van der Waals surface area contributed by atoms with E-state index in [4.69, 9.17) is 10.8 Å². The number of carbonyl (C=O) groups is 2. The largest absolute Gasteiger partial charge is 0.465 e. The Morgan fingerprint density at radius 2 is 2.08 bits per heavy atom. The molecule has 68 valence electrons. The van der Waals surface area contributed by atoms with E-state index >= 15 is 0 Å². The number of nitrogens with two attached hydrogens (primary N) is 1. The molecule has 0 aromatic rings. The fourth-order valence-corrected chi connectivity index (χ4v) is 1.19. The van der Waals surface area contributed by atoms with Crippen molar-refractivity contribution in [1.29, 1.82) is 0 Å². The summed E-state index contributed by atoms with van der Waals surface area (Å²) in [6, 6.07) is 0. The minimum atomic E-state index is -1.46. The fraction of sp³-hybridized carbons (Fsp3) is 0.667. The highest BCUT2D eigenvalue weighted by Gasteiger charge is 2.38. The molecule has 0 aromatic heterocycles. The van der Waals surface area contributed by atoms with Crippen LogP contribution in [-0.4, -0.2) is 41.3 Å². The van der Waals surface area contributed by atoms with Crippen molar-refractivity contribution in [2.24, 2.45) is 11.7 Å². The van der Waals surface area contributed by atoms with E-state index in [-0.39, 0.29) is 13.1 Å². The minimum absolute atomic E-state index is 0.133. The lowest BCUT2D eigenvalue weighted by atomic mass is 10.1. The van der Waals surface area contributed by atoms with Gasteiger partial charge in [-0.25, -0.2) is 9.18 Å². The first kappa shape index (κ1) is 8.76. The van der Waals surface area contributed by atoms with Gasteiger partial charge < -0.3 is 15.7 Å². The molecule has 1 fully saturated rings. The van der Waals surface area contributed by atoms with Gasteiger partial charge in [0, 0.05) is 6.54 Å². The highest BCUT2D eigenvalue weighted by molar-refractivity contribution is 5.79. The molecule has 0 bridgehead atoms. The number of rotatable bonds is 1. The Morgan fingerprint density at radius 1 is 1.50 bits per heavy atom. The van der Waals surface area contributed by atoms with Gasteiger partial charge in [0.15, 0.2) is 0 Å². The first-order chi connectivity index (χ1) is 5.52. The predicted molar refractivity (Wildman–Crippen MR) is 37.2 cm³/mol. The van der Waals surface area contributed by atoms with E-state index in [0.717, 1.165) is 4.90 Å². The van der Waals surface area contributed by atoms with Gasteiger partial charge in [0.25, 0.3) is 0 Å². The molecule has 0 aromatic carbocycles. The average Bonchev–Trinajstić information content (AvgIpc) is 2.30. The van der Waals surface area contributed by atoms with Crippen LogP contribution in [0.4, 0.5) is 9.18 Å². The summed E-state index contributed by atoms with van der Waals surface area (Å²) < 4.78 is 12.8. The lowest BCUT2D eigenvalue weighted by molar-refractivity contribution is -0.122. The van der Waals surface area contributed by atoms with E-state index in [9.17, 15) is 14.0 Å². The third-order valence-corrected chi connectivity index (χ3v) is 1.88. The summed E-state index contributed by atoms with van der Waals surface area (Å²) in [5.41, 5.74) is 4.85. The van der Waals surface area contributed by atoms with Gasteiger partial charge in [0.1, 0.15) is 6.17 Å². The smallest absolute Gasteiger partial charge is 0.407 e. The topological polar surface area (TPSA) is 83.6 Å². The Morgan fingerprint density at radius 3 is 2.33 bits per heavy atom. The van der Waals surface area contributed by atoms with Crippen molar-refractivity contribution < 1.29 is 19.1 Å². The maximum atomic E-state index is 12.8. The van der Waals surface area contributed by atoms with E-state index in [2.05, 4.69) is 0 Å². The van der Waals surface area contributed by atoms with Gasteiger partial charge in [-0.2, -0.15) is 0 Å². The molecule has 1 aliphatic rings. The number of primary amides is 1. The zero-order valence-corrected chi connectivity index (χ0v) is 6.24. The van der Waals surface area contributed by atoms with Gasteiger partial charge in [-0.05, 0) is 0 Å². The predicted octanol–water partition coefficient (Wildman–Crippen LogP) is -0.580. The van der Waals surface area contributed by atoms with Gasteiger partial charge >= 0.3 is 6.09 Å². The molecule has 1 aliphatic heterocycles. The average molecular weight is 176 g/mol. The summed E-state index contributed by atoms with van der Waals surface area (Å²) in [7, 11) is 0. The number of hydrogen-bond acceptors (Lipinski definition) is 2. The van der Waals surface area contributed by atoms with Crippen LogP contribution in [0.15, 0.2) is 0 Å². The van der Waals surface area contributed by atoms with Crippen LogP contribution in [0.25, 0.3) is 0 Å². The van der Waals surface area contributed by atoms with Crippen LogP contribution < -0.4 is 5.73 Å². The second-order valence-corrected chi connectivity index (χ2v) is 2.71. The maximum Gasteiger partial charge on any atom is 0.407 e. The van der Waals surface area contributed by atoms with Crippen LogP contribution in [0.2, 0.25) is 0 Å². The number of likely N-dealkylation sites (tertiary alicyclic amines) is 1. The summed E-state index contributed by atoms with van der Waals surface area (Å²) in [4.78, 5) is 21.7. The lowest BCUT2D eigenvalue weighted by Crippen LogP contribution is -2.31. The Balaban J connectivity index is 2.62. The van der Waals surface area contributed by atoms with Crippen molar-refractivity contribution in [3.8, 4) is 0 Å².